The van der Waals surface area contributed by atoms with Gasteiger partial charge in [0.05, 0.1) is 44.2 Å². The monoisotopic (exact) mass is 612 g/mol. The molecule has 0 aliphatic carbocycles. The molecule has 0 aromatic heterocycles. The number of carbonyl (C=O) groups excluding carboxylic acids is 4. The van der Waals surface area contributed by atoms with E-state index in [1.54, 1.807) is 12.1 Å². The highest BCUT2D eigenvalue weighted by atomic mass is 16.5. The first-order valence-electron chi connectivity index (χ1n) is 14.5. The average molecular weight is 613 g/mol. The lowest BCUT2D eigenvalue weighted by Gasteiger charge is -2.34. The molecular formula is C31H40N4O9. The fourth-order valence-corrected chi connectivity index (χ4v) is 5.37. The minimum Gasteiger partial charge on any atom is -0.493 e. The van der Waals surface area contributed by atoms with Crippen molar-refractivity contribution in [1.29, 1.82) is 0 Å². The second kappa shape index (κ2) is 14.3. The normalized spacial score (nSPS) is 15.2. The van der Waals surface area contributed by atoms with Crippen molar-refractivity contribution in [3.63, 3.8) is 0 Å². The Morgan fingerprint density at radius 3 is 2.09 bits per heavy atom. The van der Waals surface area contributed by atoms with Crippen LogP contribution in [0.25, 0.3) is 0 Å². The molecule has 238 valence electrons. The highest BCUT2D eigenvalue weighted by Gasteiger charge is 2.47. The number of aliphatic hydroxyl groups is 4. The first-order chi connectivity index (χ1) is 21.1. The Morgan fingerprint density at radius 1 is 0.864 bits per heavy atom. The maximum absolute atomic E-state index is 13.3. The quantitative estimate of drug-likeness (QED) is 0.107. The summed E-state index contributed by atoms with van der Waals surface area (Å²) in [5.74, 6) is -2.23. The van der Waals surface area contributed by atoms with Crippen LogP contribution in [-0.4, -0.2) is 120 Å². The van der Waals surface area contributed by atoms with Crippen molar-refractivity contribution in [2.45, 2.75) is 19.4 Å². The molecule has 2 aliphatic heterocycles. The predicted octanol–water partition coefficient (Wildman–Crippen LogP) is -1.09. The second-order valence-corrected chi connectivity index (χ2v) is 11.5. The summed E-state index contributed by atoms with van der Waals surface area (Å²) in [5, 5.41) is 45.4. The van der Waals surface area contributed by atoms with Crippen molar-refractivity contribution in [1.82, 2.24) is 20.4 Å². The van der Waals surface area contributed by atoms with E-state index in [9.17, 15) is 39.6 Å². The van der Waals surface area contributed by atoms with Gasteiger partial charge in [0, 0.05) is 32.7 Å². The summed E-state index contributed by atoms with van der Waals surface area (Å²) < 4.78 is 5.97. The summed E-state index contributed by atoms with van der Waals surface area (Å²) in [6, 6.07) is 12.0. The van der Waals surface area contributed by atoms with Crippen LogP contribution in [0.3, 0.4) is 0 Å². The molecule has 2 aliphatic rings. The number of nitrogens with one attached hydrogen (secondary N) is 2. The average Bonchev–Trinajstić information content (AvgIpc) is 3.28. The molecule has 13 nitrogen and oxygen atoms in total. The summed E-state index contributed by atoms with van der Waals surface area (Å²) >= 11 is 0. The van der Waals surface area contributed by atoms with E-state index in [0.717, 1.165) is 30.2 Å². The first-order valence-corrected chi connectivity index (χ1v) is 14.5. The van der Waals surface area contributed by atoms with Crippen LogP contribution in [0.1, 0.15) is 38.3 Å². The third-order valence-electron chi connectivity index (χ3n) is 8.38. The molecule has 4 rings (SSSR count). The van der Waals surface area contributed by atoms with Gasteiger partial charge in [0.1, 0.15) is 16.6 Å². The van der Waals surface area contributed by atoms with E-state index in [-0.39, 0.29) is 17.7 Å². The van der Waals surface area contributed by atoms with Crippen LogP contribution >= 0.6 is 0 Å². The van der Waals surface area contributed by atoms with Gasteiger partial charge in [-0.1, -0.05) is 24.3 Å². The minimum atomic E-state index is -2.01. The standard InChI is InChI=1S/C31H40N4O9/c1-34-12-10-22-21(14-34)6-4-9-25(22)44-13-5-11-32-28(42)30(17-36,18-37)15-33-29(43)31(19-38,20-39)16-35-26(40)23-7-2-3-8-24(23)27(35)41/h2-4,6-9,36-39H,5,10-20H2,1H3,(H,32,42)(H,33,43). The molecule has 0 spiro atoms. The number of nitrogens with zero attached hydrogens (tertiary/aromatic N) is 2. The molecule has 6 N–H and O–H groups in total. The maximum Gasteiger partial charge on any atom is 0.261 e. The Kier molecular flexibility index (Phi) is 10.7. The number of ether oxygens (including phenoxy) is 1. The van der Waals surface area contributed by atoms with Crippen molar-refractivity contribution >= 4 is 23.6 Å². The van der Waals surface area contributed by atoms with Crippen molar-refractivity contribution in [3.8, 4) is 5.75 Å². The third kappa shape index (κ3) is 6.61. The lowest BCUT2D eigenvalue weighted by molar-refractivity contribution is -0.141. The van der Waals surface area contributed by atoms with E-state index >= 15 is 0 Å². The van der Waals surface area contributed by atoms with Crippen LogP contribution < -0.4 is 15.4 Å². The Morgan fingerprint density at radius 2 is 1.48 bits per heavy atom. The van der Waals surface area contributed by atoms with E-state index < -0.39 is 74.0 Å². The number of carbonyl (C=O) groups is 4. The van der Waals surface area contributed by atoms with Gasteiger partial charge < -0.3 is 40.7 Å². The van der Waals surface area contributed by atoms with Crippen LogP contribution in [-0.2, 0) is 22.6 Å². The zero-order chi connectivity index (χ0) is 31.9. The Labute approximate surface area is 255 Å². The number of imide groups is 1. The lowest BCUT2D eigenvalue weighted by Crippen LogP contribution is -2.58. The van der Waals surface area contributed by atoms with Crippen molar-refractivity contribution in [2.24, 2.45) is 10.8 Å². The molecule has 44 heavy (non-hydrogen) atoms. The summed E-state index contributed by atoms with van der Waals surface area (Å²) in [6.07, 6.45) is 1.32. The van der Waals surface area contributed by atoms with E-state index in [2.05, 4.69) is 28.6 Å². The van der Waals surface area contributed by atoms with Gasteiger partial charge >= 0.3 is 0 Å². The number of fused-ring (bicyclic) bond motifs is 2. The number of hydrogen-bond donors (Lipinski definition) is 6. The van der Waals surface area contributed by atoms with Gasteiger partial charge in [-0.3, -0.25) is 24.1 Å². The molecule has 0 radical (unpaired) electrons. The fraction of sp³-hybridized carbons (Fsp3) is 0.484. The summed E-state index contributed by atoms with van der Waals surface area (Å²) in [6.45, 7) is -2.39. The highest BCUT2D eigenvalue weighted by Crippen LogP contribution is 2.29. The molecule has 0 saturated carbocycles. The minimum absolute atomic E-state index is 0.139. The SMILES string of the molecule is CN1CCc2c(cccc2OCCCNC(=O)C(CO)(CO)CNC(=O)C(CO)(CO)CN2C(=O)c3ccccc3C2=O)C1. The molecular weight excluding hydrogens is 572 g/mol. The fourth-order valence-electron chi connectivity index (χ4n) is 5.37. The molecule has 4 amide bonds. The van der Waals surface area contributed by atoms with Crippen LogP contribution in [0.2, 0.25) is 0 Å². The van der Waals surface area contributed by atoms with Gasteiger partial charge in [-0.05, 0) is 49.2 Å². The molecule has 2 aromatic rings. The summed E-state index contributed by atoms with van der Waals surface area (Å²) in [7, 11) is 2.07. The molecule has 2 heterocycles. The van der Waals surface area contributed by atoms with E-state index in [4.69, 9.17) is 4.74 Å². The smallest absolute Gasteiger partial charge is 0.261 e. The van der Waals surface area contributed by atoms with Crippen molar-refractivity contribution in [2.75, 3.05) is 66.3 Å². The summed E-state index contributed by atoms with van der Waals surface area (Å²) in [4.78, 5) is 55.0. The van der Waals surface area contributed by atoms with Crippen LogP contribution in [0, 0.1) is 10.8 Å². The topological polar surface area (TPSA) is 189 Å². The highest BCUT2D eigenvalue weighted by molar-refractivity contribution is 6.21. The Bertz CT molecular complexity index is 1340. The van der Waals surface area contributed by atoms with Crippen molar-refractivity contribution < 1.29 is 44.3 Å². The second-order valence-electron chi connectivity index (χ2n) is 11.5. The van der Waals surface area contributed by atoms with Gasteiger partial charge in [0.25, 0.3) is 11.8 Å². The largest absolute Gasteiger partial charge is 0.493 e. The molecule has 0 bridgehead atoms. The van der Waals surface area contributed by atoms with Crippen LogP contribution in [0.15, 0.2) is 42.5 Å². The Hall–Kier alpha value is -3.88. The number of amides is 4. The Balaban J connectivity index is 1.32. The van der Waals surface area contributed by atoms with E-state index in [1.165, 1.54) is 23.3 Å². The number of likely N-dealkylation sites (N-methyl/N-ethyl adjacent to an activating group) is 1. The van der Waals surface area contributed by atoms with Gasteiger partial charge in [-0.25, -0.2) is 0 Å². The number of benzene rings is 2. The van der Waals surface area contributed by atoms with E-state index in [1.807, 2.05) is 12.1 Å². The maximum atomic E-state index is 13.3. The number of rotatable bonds is 15. The predicted molar refractivity (Wildman–Crippen MR) is 158 cm³/mol. The van der Waals surface area contributed by atoms with Crippen LogP contribution in [0.4, 0.5) is 0 Å². The molecule has 2 aromatic carbocycles. The molecule has 0 unspecified atom stereocenters. The number of aliphatic hydroxyl groups excluding tert-OH is 4. The molecule has 0 saturated heterocycles. The summed E-state index contributed by atoms with van der Waals surface area (Å²) in [5.41, 5.74) is -1.16. The zero-order valence-corrected chi connectivity index (χ0v) is 24.8. The van der Waals surface area contributed by atoms with Gasteiger partial charge in [0.15, 0.2) is 0 Å². The lowest BCUT2D eigenvalue weighted by atomic mass is 9.85. The third-order valence-corrected chi connectivity index (χ3v) is 8.38. The van der Waals surface area contributed by atoms with Gasteiger partial charge in [-0.2, -0.15) is 0 Å². The van der Waals surface area contributed by atoms with Crippen LogP contribution in [0.5, 0.6) is 5.75 Å². The van der Waals surface area contributed by atoms with Crippen molar-refractivity contribution in [3.05, 3.63) is 64.7 Å². The van der Waals surface area contributed by atoms with Gasteiger partial charge in [-0.15, -0.1) is 0 Å². The number of hydrogen-bond acceptors (Lipinski definition) is 10. The molecule has 13 heteroatoms. The molecule has 0 atom stereocenters. The molecule has 0 fully saturated rings. The first kappa shape index (κ1) is 33.0. The van der Waals surface area contributed by atoms with Gasteiger partial charge in [0.2, 0.25) is 11.8 Å². The zero-order valence-electron chi connectivity index (χ0n) is 24.8. The van der Waals surface area contributed by atoms with E-state index in [0.29, 0.717) is 13.0 Å².